The van der Waals surface area contributed by atoms with Crippen LogP contribution in [0.1, 0.15) is 22.8 Å². The van der Waals surface area contributed by atoms with Crippen LogP contribution in [0, 0.1) is 5.92 Å². The zero-order chi connectivity index (χ0) is 15.0. The van der Waals surface area contributed by atoms with Crippen molar-refractivity contribution in [3.63, 3.8) is 0 Å². The van der Waals surface area contributed by atoms with Gasteiger partial charge < -0.3 is 10.0 Å². The van der Waals surface area contributed by atoms with Crippen LogP contribution in [0.15, 0.2) is 42.5 Å². The standard InChI is InChI=1S/C17H16ClNO2/c1-11-8-12-4-2-3-5-15(12)19(10-11)16-7-6-13(17(20)21)9-14(16)18/h2-7,9,11H,8,10H2,1H3,(H,20,21). The Morgan fingerprint density at radius 2 is 2.00 bits per heavy atom. The average Bonchev–Trinajstić information content (AvgIpc) is 2.46. The van der Waals surface area contributed by atoms with E-state index in [1.54, 1.807) is 12.1 Å². The van der Waals surface area contributed by atoms with E-state index in [4.69, 9.17) is 16.7 Å². The second-order valence-corrected chi connectivity index (χ2v) is 5.93. The fraction of sp³-hybridized carbons (Fsp3) is 0.235. The van der Waals surface area contributed by atoms with Crippen molar-refractivity contribution in [2.24, 2.45) is 5.92 Å². The summed E-state index contributed by atoms with van der Waals surface area (Å²) in [6.07, 6.45) is 1.05. The van der Waals surface area contributed by atoms with Gasteiger partial charge in [-0.25, -0.2) is 4.79 Å². The number of halogens is 1. The fourth-order valence-electron chi connectivity index (χ4n) is 2.88. The Bertz CT molecular complexity index is 699. The number of rotatable bonds is 2. The highest BCUT2D eigenvalue weighted by Gasteiger charge is 2.24. The molecule has 0 aromatic heterocycles. The molecule has 2 aromatic carbocycles. The molecular formula is C17H16ClNO2. The number of fused-ring (bicyclic) bond motifs is 1. The van der Waals surface area contributed by atoms with Crippen LogP contribution >= 0.6 is 11.6 Å². The van der Waals surface area contributed by atoms with Crippen LogP contribution in [0.2, 0.25) is 5.02 Å². The molecule has 0 saturated carbocycles. The molecule has 1 atom stereocenters. The molecule has 21 heavy (non-hydrogen) atoms. The monoisotopic (exact) mass is 301 g/mol. The summed E-state index contributed by atoms with van der Waals surface area (Å²) in [4.78, 5) is 13.2. The lowest BCUT2D eigenvalue weighted by Gasteiger charge is -2.35. The minimum Gasteiger partial charge on any atom is -0.478 e. The van der Waals surface area contributed by atoms with E-state index in [9.17, 15) is 4.79 Å². The van der Waals surface area contributed by atoms with Gasteiger partial charge in [-0.05, 0) is 42.2 Å². The number of aromatic carboxylic acids is 1. The van der Waals surface area contributed by atoms with E-state index >= 15 is 0 Å². The SMILES string of the molecule is CC1Cc2ccccc2N(c2ccc(C(=O)O)cc2Cl)C1. The number of carbonyl (C=O) groups is 1. The summed E-state index contributed by atoms with van der Waals surface area (Å²) >= 11 is 6.32. The summed E-state index contributed by atoms with van der Waals surface area (Å²) < 4.78 is 0. The van der Waals surface area contributed by atoms with Gasteiger partial charge in [-0.15, -0.1) is 0 Å². The van der Waals surface area contributed by atoms with Gasteiger partial charge in [0.25, 0.3) is 0 Å². The van der Waals surface area contributed by atoms with Gasteiger partial charge in [0.15, 0.2) is 0 Å². The van der Waals surface area contributed by atoms with E-state index in [1.165, 1.54) is 11.6 Å². The van der Waals surface area contributed by atoms with Crippen LogP contribution in [0.25, 0.3) is 0 Å². The lowest BCUT2D eigenvalue weighted by molar-refractivity contribution is 0.0697. The van der Waals surface area contributed by atoms with Crippen molar-refractivity contribution in [3.05, 3.63) is 58.6 Å². The average molecular weight is 302 g/mol. The van der Waals surface area contributed by atoms with Crippen molar-refractivity contribution in [1.29, 1.82) is 0 Å². The lowest BCUT2D eigenvalue weighted by Crippen LogP contribution is -2.30. The Hall–Kier alpha value is -2.00. The topological polar surface area (TPSA) is 40.5 Å². The van der Waals surface area contributed by atoms with Crippen molar-refractivity contribution in [2.45, 2.75) is 13.3 Å². The molecule has 1 aliphatic rings. The molecule has 2 aromatic rings. The van der Waals surface area contributed by atoms with E-state index < -0.39 is 5.97 Å². The lowest BCUT2D eigenvalue weighted by atomic mass is 9.93. The van der Waals surface area contributed by atoms with Gasteiger partial charge in [-0.2, -0.15) is 0 Å². The van der Waals surface area contributed by atoms with Crippen molar-refractivity contribution in [3.8, 4) is 0 Å². The predicted molar refractivity (Wildman–Crippen MR) is 84.7 cm³/mol. The quantitative estimate of drug-likeness (QED) is 0.895. The van der Waals surface area contributed by atoms with Gasteiger partial charge in [0.05, 0.1) is 16.3 Å². The van der Waals surface area contributed by atoms with Crippen molar-refractivity contribution in [2.75, 3.05) is 11.4 Å². The Balaban J connectivity index is 2.06. The van der Waals surface area contributed by atoms with Crippen molar-refractivity contribution in [1.82, 2.24) is 0 Å². The second kappa shape index (κ2) is 5.41. The first-order chi connectivity index (χ1) is 10.1. The number of carboxylic acids is 1. The first-order valence-electron chi connectivity index (χ1n) is 6.94. The van der Waals surface area contributed by atoms with Gasteiger partial charge in [0.2, 0.25) is 0 Å². The molecule has 0 bridgehead atoms. The first-order valence-corrected chi connectivity index (χ1v) is 7.32. The van der Waals surface area contributed by atoms with Crippen LogP contribution in [0.3, 0.4) is 0 Å². The van der Waals surface area contributed by atoms with Crippen molar-refractivity contribution >= 4 is 28.9 Å². The summed E-state index contributed by atoms with van der Waals surface area (Å²) in [5.74, 6) is -0.439. The number of nitrogens with zero attached hydrogens (tertiary/aromatic N) is 1. The van der Waals surface area contributed by atoms with Crippen LogP contribution in [-0.4, -0.2) is 17.6 Å². The molecule has 1 unspecified atom stereocenters. The molecule has 0 radical (unpaired) electrons. The highest BCUT2D eigenvalue weighted by molar-refractivity contribution is 6.33. The molecule has 1 aliphatic heterocycles. The maximum atomic E-state index is 11.0. The zero-order valence-corrected chi connectivity index (χ0v) is 12.5. The molecule has 3 nitrogen and oxygen atoms in total. The number of para-hydroxylation sites is 1. The van der Waals surface area contributed by atoms with E-state index in [0.29, 0.717) is 10.9 Å². The van der Waals surface area contributed by atoms with Gasteiger partial charge in [0.1, 0.15) is 0 Å². The smallest absolute Gasteiger partial charge is 0.335 e. The number of hydrogen-bond acceptors (Lipinski definition) is 2. The third-order valence-corrected chi connectivity index (χ3v) is 4.13. The predicted octanol–water partition coefficient (Wildman–Crippen LogP) is 4.37. The number of hydrogen-bond donors (Lipinski definition) is 1. The largest absolute Gasteiger partial charge is 0.478 e. The third-order valence-electron chi connectivity index (χ3n) is 3.83. The number of carboxylic acid groups (broad SMARTS) is 1. The van der Waals surface area contributed by atoms with Gasteiger partial charge >= 0.3 is 5.97 Å². The Morgan fingerprint density at radius 3 is 2.71 bits per heavy atom. The van der Waals surface area contributed by atoms with Crippen LogP contribution in [-0.2, 0) is 6.42 Å². The molecule has 0 saturated heterocycles. The van der Waals surface area contributed by atoms with Crippen LogP contribution in [0.4, 0.5) is 11.4 Å². The molecule has 1 N–H and O–H groups in total. The number of anilines is 2. The normalized spacial score (nSPS) is 17.4. The molecule has 3 rings (SSSR count). The maximum absolute atomic E-state index is 11.0. The molecule has 0 fully saturated rings. The molecule has 0 spiro atoms. The Labute approximate surface area is 128 Å². The van der Waals surface area contributed by atoms with E-state index in [1.807, 2.05) is 12.1 Å². The highest BCUT2D eigenvalue weighted by Crippen LogP contribution is 2.38. The molecule has 1 heterocycles. The minimum absolute atomic E-state index is 0.210. The van der Waals surface area contributed by atoms with Gasteiger partial charge in [-0.3, -0.25) is 0 Å². The minimum atomic E-state index is -0.962. The highest BCUT2D eigenvalue weighted by atomic mass is 35.5. The van der Waals surface area contributed by atoms with Gasteiger partial charge in [-0.1, -0.05) is 36.7 Å². The first kappa shape index (κ1) is 14.0. The van der Waals surface area contributed by atoms with E-state index in [-0.39, 0.29) is 5.56 Å². The third kappa shape index (κ3) is 2.61. The summed E-state index contributed by atoms with van der Waals surface area (Å²) in [7, 11) is 0. The van der Waals surface area contributed by atoms with E-state index in [2.05, 4.69) is 24.0 Å². The van der Waals surface area contributed by atoms with Crippen molar-refractivity contribution < 1.29 is 9.90 Å². The maximum Gasteiger partial charge on any atom is 0.335 e. The van der Waals surface area contributed by atoms with Gasteiger partial charge in [0, 0.05) is 12.2 Å². The Morgan fingerprint density at radius 1 is 1.24 bits per heavy atom. The van der Waals surface area contributed by atoms with E-state index in [0.717, 1.165) is 24.3 Å². The summed E-state index contributed by atoms with van der Waals surface area (Å²) in [5.41, 5.74) is 3.53. The molecule has 0 amide bonds. The summed E-state index contributed by atoms with van der Waals surface area (Å²) in [6, 6.07) is 13.2. The fourth-order valence-corrected chi connectivity index (χ4v) is 3.17. The zero-order valence-electron chi connectivity index (χ0n) is 11.7. The molecule has 0 aliphatic carbocycles. The molecule has 4 heteroatoms. The van der Waals surface area contributed by atoms with Crippen LogP contribution in [0.5, 0.6) is 0 Å². The van der Waals surface area contributed by atoms with Crippen LogP contribution < -0.4 is 4.90 Å². The second-order valence-electron chi connectivity index (χ2n) is 5.52. The number of benzene rings is 2. The summed E-state index contributed by atoms with van der Waals surface area (Å²) in [6.45, 7) is 3.09. The summed E-state index contributed by atoms with van der Waals surface area (Å²) in [5, 5.41) is 9.51. The Kier molecular flexibility index (Phi) is 3.60. The molecular weight excluding hydrogens is 286 g/mol. The molecule has 108 valence electrons.